The lowest BCUT2D eigenvalue weighted by Gasteiger charge is -2.25. The second kappa shape index (κ2) is 10.3. The molecule has 0 atom stereocenters. The standard InChI is InChI=1S/C29H23NO4/c1-33-27-17-13-25(14-18-27)30(26-15-19-28(34-2)20-16-26)24-11-7-22(8-12-24)4-3-21-5-9-23(10-6-21)29(31)32/h5-20H,1-2H3,(H,31,32). The SMILES string of the molecule is COc1ccc(N(c2ccc(C#Cc3ccc(C(=O)O)cc3)cc2)c2ccc(OC)cc2)cc1. The van der Waals surface area contributed by atoms with Gasteiger partial charge in [0.15, 0.2) is 0 Å². The fraction of sp³-hybridized carbons (Fsp3) is 0.0690. The van der Waals surface area contributed by atoms with E-state index in [0.29, 0.717) is 0 Å². The summed E-state index contributed by atoms with van der Waals surface area (Å²) in [5.74, 6) is 6.85. The Labute approximate surface area is 198 Å². The molecule has 0 amide bonds. The summed E-state index contributed by atoms with van der Waals surface area (Å²) in [4.78, 5) is 13.1. The summed E-state index contributed by atoms with van der Waals surface area (Å²) >= 11 is 0. The lowest BCUT2D eigenvalue weighted by atomic mass is 10.1. The van der Waals surface area contributed by atoms with Crippen LogP contribution in [0.25, 0.3) is 0 Å². The van der Waals surface area contributed by atoms with E-state index in [0.717, 1.165) is 39.7 Å². The van der Waals surface area contributed by atoms with Crippen molar-refractivity contribution in [1.29, 1.82) is 0 Å². The van der Waals surface area contributed by atoms with E-state index in [1.54, 1.807) is 38.5 Å². The van der Waals surface area contributed by atoms with E-state index in [1.807, 2.05) is 72.8 Å². The van der Waals surface area contributed by atoms with Gasteiger partial charge in [-0.1, -0.05) is 11.8 Å². The molecule has 0 aliphatic carbocycles. The first-order valence-corrected chi connectivity index (χ1v) is 10.6. The summed E-state index contributed by atoms with van der Waals surface area (Å²) in [5, 5.41) is 9.02. The van der Waals surface area contributed by atoms with E-state index >= 15 is 0 Å². The number of hydrogen-bond donors (Lipinski definition) is 1. The summed E-state index contributed by atoms with van der Waals surface area (Å²) < 4.78 is 10.6. The quantitative estimate of drug-likeness (QED) is 0.352. The van der Waals surface area contributed by atoms with Gasteiger partial charge in [-0.2, -0.15) is 0 Å². The van der Waals surface area contributed by atoms with Gasteiger partial charge in [0.05, 0.1) is 19.8 Å². The van der Waals surface area contributed by atoms with Gasteiger partial charge in [-0.25, -0.2) is 4.79 Å². The number of nitrogens with zero attached hydrogens (tertiary/aromatic N) is 1. The fourth-order valence-electron chi connectivity index (χ4n) is 3.44. The molecule has 0 bridgehead atoms. The lowest BCUT2D eigenvalue weighted by Crippen LogP contribution is -2.09. The Morgan fingerprint density at radius 2 is 0.971 bits per heavy atom. The molecule has 5 heteroatoms. The van der Waals surface area contributed by atoms with Gasteiger partial charge in [0.25, 0.3) is 0 Å². The van der Waals surface area contributed by atoms with Crippen molar-refractivity contribution >= 4 is 23.0 Å². The van der Waals surface area contributed by atoms with Crippen molar-refractivity contribution in [3.05, 3.63) is 114 Å². The molecule has 1 N–H and O–H groups in total. The summed E-state index contributed by atoms with van der Waals surface area (Å²) in [5.41, 5.74) is 4.81. The van der Waals surface area contributed by atoms with Gasteiger partial charge in [-0.3, -0.25) is 0 Å². The molecule has 4 aromatic carbocycles. The minimum Gasteiger partial charge on any atom is -0.497 e. The zero-order valence-corrected chi connectivity index (χ0v) is 18.9. The Kier molecular flexibility index (Phi) is 6.81. The lowest BCUT2D eigenvalue weighted by molar-refractivity contribution is 0.0697. The highest BCUT2D eigenvalue weighted by molar-refractivity contribution is 5.87. The molecule has 0 saturated carbocycles. The molecule has 0 saturated heterocycles. The first kappa shape index (κ1) is 22.5. The molecule has 34 heavy (non-hydrogen) atoms. The van der Waals surface area contributed by atoms with Crippen molar-refractivity contribution in [1.82, 2.24) is 0 Å². The maximum absolute atomic E-state index is 11.0. The molecule has 0 spiro atoms. The third-order valence-electron chi connectivity index (χ3n) is 5.27. The Balaban J connectivity index is 1.63. The molecule has 4 rings (SSSR count). The van der Waals surface area contributed by atoms with Gasteiger partial charge in [0.1, 0.15) is 11.5 Å². The van der Waals surface area contributed by atoms with Crippen molar-refractivity contribution in [3.8, 4) is 23.3 Å². The Hall–Kier alpha value is -4.69. The van der Waals surface area contributed by atoms with Crippen molar-refractivity contribution < 1.29 is 19.4 Å². The molecule has 0 fully saturated rings. The van der Waals surface area contributed by atoms with Crippen LogP contribution in [0.2, 0.25) is 0 Å². The Morgan fingerprint density at radius 1 is 0.618 bits per heavy atom. The second-order valence-corrected chi connectivity index (χ2v) is 7.41. The van der Waals surface area contributed by atoms with Crippen LogP contribution in [0, 0.1) is 11.8 Å². The summed E-state index contributed by atoms with van der Waals surface area (Å²) in [7, 11) is 3.30. The van der Waals surface area contributed by atoms with Gasteiger partial charge < -0.3 is 19.5 Å². The monoisotopic (exact) mass is 449 g/mol. The smallest absolute Gasteiger partial charge is 0.335 e. The number of carboxylic acids is 1. The van der Waals surface area contributed by atoms with Crippen molar-refractivity contribution in [3.63, 3.8) is 0 Å². The number of methoxy groups -OCH3 is 2. The van der Waals surface area contributed by atoms with Gasteiger partial charge in [0.2, 0.25) is 0 Å². The van der Waals surface area contributed by atoms with Crippen molar-refractivity contribution in [2.24, 2.45) is 0 Å². The number of rotatable bonds is 6. The number of carboxylic acid groups (broad SMARTS) is 1. The third kappa shape index (κ3) is 5.20. The van der Waals surface area contributed by atoms with Crippen LogP contribution in [-0.4, -0.2) is 25.3 Å². The van der Waals surface area contributed by atoms with Crippen LogP contribution in [0.1, 0.15) is 21.5 Å². The number of benzene rings is 4. The van der Waals surface area contributed by atoms with Gasteiger partial charge in [-0.15, -0.1) is 0 Å². The van der Waals surface area contributed by atoms with Crippen molar-refractivity contribution in [2.75, 3.05) is 19.1 Å². The Morgan fingerprint density at radius 3 is 1.32 bits per heavy atom. The minimum absolute atomic E-state index is 0.243. The number of ether oxygens (including phenoxy) is 2. The molecule has 5 nitrogen and oxygen atoms in total. The molecule has 0 aromatic heterocycles. The van der Waals surface area contributed by atoms with Crippen LogP contribution >= 0.6 is 0 Å². The van der Waals surface area contributed by atoms with Crippen molar-refractivity contribution in [2.45, 2.75) is 0 Å². The molecule has 168 valence electrons. The minimum atomic E-state index is -0.951. The maximum atomic E-state index is 11.0. The summed E-state index contributed by atoms with van der Waals surface area (Å²) in [6.45, 7) is 0. The third-order valence-corrected chi connectivity index (χ3v) is 5.27. The molecular formula is C29H23NO4. The number of hydrogen-bond acceptors (Lipinski definition) is 4. The van der Waals surface area contributed by atoms with Crippen LogP contribution in [0.4, 0.5) is 17.1 Å². The zero-order chi connectivity index (χ0) is 23.9. The van der Waals surface area contributed by atoms with Crippen LogP contribution in [0.3, 0.4) is 0 Å². The second-order valence-electron chi connectivity index (χ2n) is 7.41. The van der Waals surface area contributed by atoms with E-state index in [2.05, 4.69) is 16.7 Å². The highest BCUT2D eigenvalue weighted by Crippen LogP contribution is 2.36. The molecule has 0 unspecified atom stereocenters. The highest BCUT2D eigenvalue weighted by Gasteiger charge is 2.13. The largest absolute Gasteiger partial charge is 0.497 e. The summed E-state index contributed by atoms with van der Waals surface area (Å²) in [6, 6.07) is 30.3. The van der Waals surface area contributed by atoms with Crippen LogP contribution in [-0.2, 0) is 0 Å². The van der Waals surface area contributed by atoms with Gasteiger partial charge >= 0.3 is 5.97 Å². The normalized spacial score (nSPS) is 10.1. The maximum Gasteiger partial charge on any atom is 0.335 e. The average molecular weight is 450 g/mol. The molecular weight excluding hydrogens is 426 g/mol. The predicted octanol–water partition coefficient (Wildman–Crippen LogP) is 6.27. The molecule has 0 radical (unpaired) electrons. The topological polar surface area (TPSA) is 59.0 Å². The first-order chi connectivity index (χ1) is 16.6. The van der Waals surface area contributed by atoms with Gasteiger partial charge in [-0.05, 0) is 97.1 Å². The highest BCUT2D eigenvalue weighted by atomic mass is 16.5. The van der Waals surface area contributed by atoms with Crippen LogP contribution < -0.4 is 14.4 Å². The van der Waals surface area contributed by atoms with E-state index in [1.165, 1.54) is 0 Å². The molecule has 0 aliphatic rings. The zero-order valence-electron chi connectivity index (χ0n) is 18.9. The predicted molar refractivity (Wildman–Crippen MR) is 134 cm³/mol. The average Bonchev–Trinajstić information content (AvgIpc) is 2.89. The Bertz CT molecular complexity index is 1270. The molecule has 0 aliphatic heterocycles. The van der Waals surface area contributed by atoms with Crippen LogP contribution in [0.15, 0.2) is 97.1 Å². The first-order valence-electron chi connectivity index (χ1n) is 10.6. The fourth-order valence-corrected chi connectivity index (χ4v) is 3.44. The number of anilines is 3. The van der Waals surface area contributed by atoms with E-state index in [-0.39, 0.29) is 5.56 Å². The van der Waals surface area contributed by atoms with Gasteiger partial charge in [0, 0.05) is 28.2 Å². The molecule has 4 aromatic rings. The van der Waals surface area contributed by atoms with E-state index < -0.39 is 5.97 Å². The molecule has 0 heterocycles. The number of aromatic carboxylic acids is 1. The number of carbonyl (C=O) groups is 1. The summed E-state index contributed by atoms with van der Waals surface area (Å²) in [6.07, 6.45) is 0. The van der Waals surface area contributed by atoms with E-state index in [4.69, 9.17) is 14.6 Å². The van der Waals surface area contributed by atoms with Crippen LogP contribution in [0.5, 0.6) is 11.5 Å². The van der Waals surface area contributed by atoms with E-state index in [9.17, 15) is 4.79 Å².